The van der Waals surface area contributed by atoms with Gasteiger partial charge in [0, 0.05) is 12.0 Å². The Bertz CT molecular complexity index is 438. The molecular formula is C11H8Cl2O2. The summed E-state index contributed by atoms with van der Waals surface area (Å²) in [6.07, 6.45) is 2.53. The normalized spacial score (nSPS) is 14.7. The van der Waals surface area contributed by atoms with Gasteiger partial charge in [-0.1, -0.05) is 29.3 Å². The molecule has 0 N–H and O–H groups in total. The zero-order valence-corrected chi connectivity index (χ0v) is 9.31. The lowest BCUT2D eigenvalue weighted by Gasteiger charge is -2.05. The van der Waals surface area contributed by atoms with Gasteiger partial charge in [-0.05, 0) is 18.2 Å². The lowest BCUT2D eigenvalue weighted by Crippen LogP contribution is -2.04. The highest BCUT2D eigenvalue weighted by molar-refractivity contribution is 6.44. The smallest absolute Gasteiger partial charge is 0.228 e. The van der Waals surface area contributed by atoms with E-state index in [1.54, 1.807) is 24.3 Å². The molecular weight excluding hydrogens is 235 g/mol. The number of allylic oxidation sites excluding steroid dienone is 1. The van der Waals surface area contributed by atoms with Crippen LogP contribution in [0.4, 0.5) is 0 Å². The zero-order valence-electron chi connectivity index (χ0n) is 7.80. The maximum atomic E-state index is 11.9. The summed E-state index contributed by atoms with van der Waals surface area (Å²) >= 11 is 11.8. The molecule has 0 amide bonds. The van der Waals surface area contributed by atoms with Gasteiger partial charge >= 0.3 is 0 Å². The van der Waals surface area contributed by atoms with Crippen LogP contribution < -0.4 is 0 Å². The lowest BCUT2D eigenvalue weighted by atomic mass is 10.1. The van der Waals surface area contributed by atoms with E-state index in [9.17, 15) is 4.79 Å². The standard InChI is InChI=1S/C11H8Cl2O2/c12-8-4-1-3-7(10(8)13)11(14)9-5-2-6-15-9/h1,3-5H,2,6H2. The van der Waals surface area contributed by atoms with E-state index in [0.717, 1.165) is 6.42 Å². The van der Waals surface area contributed by atoms with E-state index >= 15 is 0 Å². The lowest BCUT2D eigenvalue weighted by molar-refractivity contribution is 0.0942. The van der Waals surface area contributed by atoms with Gasteiger partial charge in [0.1, 0.15) is 0 Å². The Morgan fingerprint density at radius 1 is 1.33 bits per heavy atom. The maximum absolute atomic E-state index is 11.9. The summed E-state index contributed by atoms with van der Waals surface area (Å²) in [5.74, 6) is 0.152. The van der Waals surface area contributed by atoms with Crippen LogP contribution >= 0.6 is 23.2 Å². The summed E-state index contributed by atoms with van der Waals surface area (Å²) in [6, 6.07) is 4.97. The highest BCUT2D eigenvalue weighted by Crippen LogP contribution is 2.28. The number of carbonyl (C=O) groups excluding carboxylic acids is 1. The van der Waals surface area contributed by atoms with Crippen LogP contribution in [0.25, 0.3) is 0 Å². The molecule has 0 spiro atoms. The molecule has 1 aliphatic heterocycles. The van der Waals surface area contributed by atoms with Crippen molar-refractivity contribution in [3.8, 4) is 0 Å². The summed E-state index contributed by atoms with van der Waals surface area (Å²) < 4.78 is 5.17. The molecule has 1 heterocycles. The molecule has 0 saturated heterocycles. The molecule has 0 unspecified atom stereocenters. The van der Waals surface area contributed by atoms with Gasteiger partial charge in [-0.25, -0.2) is 0 Å². The monoisotopic (exact) mass is 242 g/mol. The fourth-order valence-electron chi connectivity index (χ4n) is 1.39. The summed E-state index contributed by atoms with van der Waals surface area (Å²) in [7, 11) is 0. The minimum Gasteiger partial charge on any atom is -0.489 e. The Hall–Kier alpha value is -0.990. The van der Waals surface area contributed by atoms with Crippen LogP contribution in [0, 0.1) is 0 Å². The molecule has 78 valence electrons. The van der Waals surface area contributed by atoms with Crippen LogP contribution in [0.5, 0.6) is 0 Å². The molecule has 1 aromatic rings. The van der Waals surface area contributed by atoms with E-state index in [-0.39, 0.29) is 10.8 Å². The highest BCUT2D eigenvalue weighted by Gasteiger charge is 2.20. The minimum atomic E-state index is -0.208. The third kappa shape index (κ3) is 2.01. The number of benzene rings is 1. The Balaban J connectivity index is 2.37. The summed E-state index contributed by atoms with van der Waals surface area (Å²) in [4.78, 5) is 11.9. The molecule has 1 aliphatic rings. The molecule has 0 atom stereocenters. The van der Waals surface area contributed by atoms with Gasteiger partial charge in [0.2, 0.25) is 5.78 Å². The second-order valence-corrected chi connectivity index (χ2v) is 3.92. The van der Waals surface area contributed by atoms with Crippen molar-refractivity contribution < 1.29 is 9.53 Å². The first-order valence-electron chi connectivity index (χ1n) is 4.52. The molecule has 15 heavy (non-hydrogen) atoms. The van der Waals surface area contributed by atoms with Crippen LogP contribution in [0.15, 0.2) is 30.0 Å². The van der Waals surface area contributed by atoms with Crippen LogP contribution in [-0.4, -0.2) is 12.4 Å². The molecule has 2 rings (SSSR count). The Kier molecular flexibility index (Phi) is 2.98. The Morgan fingerprint density at radius 3 is 2.80 bits per heavy atom. The average Bonchev–Trinajstić information content (AvgIpc) is 2.74. The Morgan fingerprint density at radius 2 is 2.13 bits per heavy atom. The second-order valence-electron chi connectivity index (χ2n) is 3.14. The first-order chi connectivity index (χ1) is 7.20. The number of ether oxygens (including phenoxy) is 1. The summed E-state index contributed by atoms with van der Waals surface area (Å²) in [6.45, 7) is 0.555. The molecule has 0 radical (unpaired) electrons. The first-order valence-corrected chi connectivity index (χ1v) is 5.27. The molecule has 0 aromatic heterocycles. The van der Waals surface area contributed by atoms with Crippen LogP contribution in [0.1, 0.15) is 16.8 Å². The molecule has 1 aromatic carbocycles. The predicted octanol–water partition coefficient (Wildman–Crippen LogP) is 3.48. The van der Waals surface area contributed by atoms with E-state index in [4.69, 9.17) is 27.9 Å². The highest BCUT2D eigenvalue weighted by atomic mass is 35.5. The molecule has 2 nitrogen and oxygen atoms in total. The van der Waals surface area contributed by atoms with E-state index in [1.165, 1.54) is 0 Å². The fraction of sp³-hybridized carbons (Fsp3) is 0.182. The van der Waals surface area contributed by atoms with Crippen molar-refractivity contribution in [1.29, 1.82) is 0 Å². The number of hydrogen-bond donors (Lipinski definition) is 0. The molecule has 4 heteroatoms. The third-order valence-electron chi connectivity index (χ3n) is 2.13. The average molecular weight is 243 g/mol. The largest absolute Gasteiger partial charge is 0.489 e. The van der Waals surface area contributed by atoms with Crippen LogP contribution in [-0.2, 0) is 4.74 Å². The number of hydrogen-bond acceptors (Lipinski definition) is 2. The SMILES string of the molecule is O=C(C1=CCCO1)c1cccc(Cl)c1Cl. The van der Waals surface area contributed by atoms with Gasteiger partial charge in [0.05, 0.1) is 16.7 Å². The van der Waals surface area contributed by atoms with Gasteiger partial charge in [-0.3, -0.25) is 4.79 Å². The third-order valence-corrected chi connectivity index (χ3v) is 2.94. The summed E-state index contributed by atoms with van der Waals surface area (Å²) in [5, 5.41) is 0.654. The van der Waals surface area contributed by atoms with Crippen molar-refractivity contribution in [2.45, 2.75) is 6.42 Å². The van der Waals surface area contributed by atoms with Crippen molar-refractivity contribution >= 4 is 29.0 Å². The fourth-order valence-corrected chi connectivity index (χ4v) is 1.77. The van der Waals surface area contributed by atoms with E-state index in [0.29, 0.717) is 23.0 Å². The molecule has 0 fully saturated rings. The number of Topliss-reactive ketones (excluding diaryl/α,β-unsaturated/α-hetero) is 1. The van der Waals surface area contributed by atoms with Crippen LogP contribution in [0.2, 0.25) is 10.0 Å². The topological polar surface area (TPSA) is 26.3 Å². The molecule has 0 aliphatic carbocycles. The quantitative estimate of drug-likeness (QED) is 0.743. The second kappa shape index (κ2) is 4.25. The van der Waals surface area contributed by atoms with Gasteiger partial charge in [-0.15, -0.1) is 0 Å². The maximum Gasteiger partial charge on any atom is 0.228 e. The van der Waals surface area contributed by atoms with Crippen molar-refractivity contribution in [2.75, 3.05) is 6.61 Å². The van der Waals surface area contributed by atoms with Crippen molar-refractivity contribution in [3.63, 3.8) is 0 Å². The molecule has 0 saturated carbocycles. The summed E-state index contributed by atoms with van der Waals surface area (Å²) in [5.41, 5.74) is 0.386. The van der Waals surface area contributed by atoms with Crippen molar-refractivity contribution in [1.82, 2.24) is 0 Å². The number of ketones is 1. The van der Waals surface area contributed by atoms with E-state index < -0.39 is 0 Å². The van der Waals surface area contributed by atoms with E-state index in [2.05, 4.69) is 0 Å². The van der Waals surface area contributed by atoms with Gasteiger partial charge in [0.15, 0.2) is 5.76 Å². The minimum absolute atomic E-state index is 0.208. The van der Waals surface area contributed by atoms with Crippen molar-refractivity contribution in [3.05, 3.63) is 45.6 Å². The van der Waals surface area contributed by atoms with Gasteiger partial charge in [-0.2, -0.15) is 0 Å². The zero-order chi connectivity index (χ0) is 10.8. The van der Waals surface area contributed by atoms with Gasteiger partial charge < -0.3 is 4.74 Å². The Labute approximate surface area is 97.4 Å². The van der Waals surface area contributed by atoms with Crippen LogP contribution in [0.3, 0.4) is 0 Å². The number of carbonyl (C=O) groups is 1. The first kappa shape index (κ1) is 10.5. The molecule has 0 bridgehead atoms. The predicted molar refractivity (Wildman–Crippen MR) is 59.4 cm³/mol. The van der Waals surface area contributed by atoms with E-state index in [1.807, 2.05) is 0 Å². The van der Waals surface area contributed by atoms with Crippen molar-refractivity contribution in [2.24, 2.45) is 0 Å². The number of halogens is 2. The van der Waals surface area contributed by atoms with Gasteiger partial charge in [0.25, 0.3) is 0 Å². The number of rotatable bonds is 2.